The van der Waals surface area contributed by atoms with Crippen LogP contribution in [0.25, 0.3) is 21.7 Å². The normalized spacial score (nSPS) is 10.9. The summed E-state index contributed by atoms with van der Waals surface area (Å²) in [6.07, 6.45) is 0. The molecule has 0 atom stereocenters. The largest absolute Gasteiger partial charge is 0.397 e. The summed E-state index contributed by atoms with van der Waals surface area (Å²) in [5.74, 6) is 0.851. The molecule has 3 aromatic rings. The minimum atomic E-state index is 0.777. The topological polar surface area (TPSA) is 54.7 Å². The van der Waals surface area contributed by atoms with Gasteiger partial charge in [-0.2, -0.15) is 0 Å². The lowest BCUT2D eigenvalue weighted by atomic mass is 10.3. The molecule has 1 aromatic carbocycles. The van der Waals surface area contributed by atoms with Gasteiger partial charge in [0.15, 0.2) is 5.82 Å². The Kier molecular flexibility index (Phi) is 1.76. The number of nitrogens with one attached hydrogen (secondary N) is 1. The fraction of sp³-hybridized carbons (Fsp3) is 0. The molecule has 2 aromatic heterocycles. The van der Waals surface area contributed by atoms with Gasteiger partial charge < -0.3 is 10.7 Å². The van der Waals surface area contributed by atoms with Crippen molar-refractivity contribution in [2.75, 3.05) is 5.73 Å². The highest BCUT2D eigenvalue weighted by Crippen LogP contribution is 2.30. The third kappa shape index (κ3) is 1.30. The zero-order valence-electron chi connectivity index (χ0n) is 7.90. The molecule has 0 fully saturated rings. The van der Waals surface area contributed by atoms with Gasteiger partial charge in [0, 0.05) is 0 Å². The first-order valence-corrected chi connectivity index (χ1v) is 5.50. The fourth-order valence-electron chi connectivity index (χ4n) is 1.57. The van der Waals surface area contributed by atoms with Crippen LogP contribution < -0.4 is 5.73 Å². The van der Waals surface area contributed by atoms with Gasteiger partial charge in [0.2, 0.25) is 0 Å². The van der Waals surface area contributed by atoms with Crippen LogP contribution in [0.1, 0.15) is 0 Å². The highest BCUT2D eigenvalue weighted by atomic mass is 32.1. The second-order valence-corrected chi connectivity index (χ2v) is 4.22. The summed E-state index contributed by atoms with van der Waals surface area (Å²) >= 11 is 1.60. The Morgan fingerprint density at radius 2 is 2.07 bits per heavy atom. The third-order valence-electron chi connectivity index (χ3n) is 2.30. The molecule has 15 heavy (non-hydrogen) atoms. The number of para-hydroxylation sites is 2. The number of H-pyrrole nitrogens is 1. The maximum Gasteiger partial charge on any atom is 0.150 e. The van der Waals surface area contributed by atoms with Gasteiger partial charge in [-0.3, -0.25) is 0 Å². The molecule has 0 saturated carbocycles. The van der Waals surface area contributed by atoms with Crippen molar-refractivity contribution in [1.29, 1.82) is 0 Å². The van der Waals surface area contributed by atoms with E-state index in [0.29, 0.717) is 0 Å². The summed E-state index contributed by atoms with van der Waals surface area (Å²) in [5.41, 5.74) is 8.64. The van der Waals surface area contributed by atoms with Gasteiger partial charge in [-0.1, -0.05) is 12.1 Å². The van der Waals surface area contributed by atoms with Crippen LogP contribution in [0.3, 0.4) is 0 Å². The van der Waals surface area contributed by atoms with E-state index in [2.05, 4.69) is 9.97 Å². The van der Waals surface area contributed by atoms with E-state index in [1.165, 1.54) is 0 Å². The van der Waals surface area contributed by atoms with Crippen molar-refractivity contribution in [1.82, 2.24) is 9.97 Å². The molecule has 0 bridgehead atoms. The Morgan fingerprint density at radius 1 is 1.20 bits per heavy atom. The van der Waals surface area contributed by atoms with Crippen molar-refractivity contribution >= 4 is 28.1 Å². The van der Waals surface area contributed by atoms with E-state index in [1.54, 1.807) is 11.3 Å². The first-order valence-electron chi connectivity index (χ1n) is 4.63. The molecule has 4 heteroatoms. The molecule has 0 spiro atoms. The van der Waals surface area contributed by atoms with Crippen LogP contribution in [0.5, 0.6) is 0 Å². The average Bonchev–Trinajstić information content (AvgIpc) is 2.82. The Balaban J connectivity index is 2.24. The summed E-state index contributed by atoms with van der Waals surface area (Å²) in [7, 11) is 0. The van der Waals surface area contributed by atoms with Crippen molar-refractivity contribution in [3.63, 3.8) is 0 Å². The maximum absolute atomic E-state index is 5.84. The number of nitrogens with two attached hydrogens (primary N) is 1. The minimum Gasteiger partial charge on any atom is -0.397 e. The Hall–Kier alpha value is -1.81. The molecule has 0 saturated heterocycles. The van der Waals surface area contributed by atoms with Gasteiger partial charge in [0.25, 0.3) is 0 Å². The number of aromatic amines is 1. The lowest BCUT2D eigenvalue weighted by Crippen LogP contribution is -1.84. The number of nitrogen functional groups attached to an aromatic ring is 1. The average molecular weight is 215 g/mol. The standard InChI is InChI=1S/C11H9N3S/c12-7-5-6-15-10(7)11-13-8-3-1-2-4-9(8)14-11/h1-6H,12H2,(H,13,14). The summed E-state index contributed by atoms with van der Waals surface area (Å²) in [5, 5.41) is 1.97. The molecule has 3 nitrogen and oxygen atoms in total. The zero-order valence-corrected chi connectivity index (χ0v) is 8.71. The Bertz CT molecular complexity index is 576. The number of aromatic nitrogens is 2. The molecule has 3 rings (SSSR count). The third-order valence-corrected chi connectivity index (χ3v) is 3.24. The van der Waals surface area contributed by atoms with Gasteiger partial charge in [-0.15, -0.1) is 11.3 Å². The number of benzene rings is 1. The summed E-state index contributed by atoms with van der Waals surface area (Å²) in [6, 6.07) is 9.86. The van der Waals surface area contributed by atoms with Gasteiger partial charge >= 0.3 is 0 Å². The fourth-order valence-corrected chi connectivity index (χ4v) is 2.34. The van der Waals surface area contributed by atoms with Crippen molar-refractivity contribution < 1.29 is 0 Å². The maximum atomic E-state index is 5.84. The van der Waals surface area contributed by atoms with Crippen LogP contribution in [-0.4, -0.2) is 9.97 Å². The number of hydrogen-bond acceptors (Lipinski definition) is 3. The first kappa shape index (κ1) is 8.49. The number of hydrogen-bond donors (Lipinski definition) is 2. The van der Waals surface area contributed by atoms with E-state index in [0.717, 1.165) is 27.4 Å². The summed E-state index contributed by atoms with van der Waals surface area (Å²) < 4.78 is 0. The van der Waals surface area contributed by atoms with Crippen molar-refractivity contribution in [3.05, 3.63) is 35.7 Å². The van der Waals surface area contributed by atoms with E-state index in [4.69, 9.17) is 5.73 Å². The quantitative estimate of drug-likeness (QED) is 0.655. The summed E-state index contributed by atoms with van der Waals surface area (Å²) in [6.45, 7) is 0. The van der Waals surface area contributed by atoms with E-state index in [9.17, 15) is 0 Å². The van der Waals surface area contributed by atoms with Gasteiger partial charge in [-0.05, 0) is 23.6 Å². The van der Waals surface area contributed by atoms with Crippen molar-refractivity contribution in [3.8, 4) is 10.7 Å². The Morgan fingerprint density at radius 3 is 2.80 bits per heavy atom. The molecule has 74 valence electrons. The van der Waals surface area contributed by atoms with Crippen LogP contribution in [0, 0.1) is 0 Å². The predicted molar refractivity (Wildman–Crippen MR) is 63.8 cm³/mol. The molecule has 3 N–H and O–H groups in total. The second-order valence-electron chi connectivity index (χ2n) is 3.31. The predicted octanol–water partition coefficient (Wildman–Crippen LogP) is 2.87. The lowest BCUT2D eigenvalue weighted by molar-refractivity contribution is 1.36. The van der Waals surface area contributed by atoms with Crippen LogP contribution in [0.4, 0.5) is 5.69 Å². The van der Waals surface area contributed by atoms with Crippen molar-refractivity contribution in [2.24, 2.45) is 0 Å². The number of nitrogens with zero attached hydrogens (tertiary/aromatic N) is 1. The number of rotatable bonds is 1. The first-order chi connectivity index (χ1) is 7.34. The zero-order chi connectivity index (χ0) is 10.3. The minimum absolute atomic E-state index is 0.777. The lowest BCUT2D eigenvalue weighted by Gasteiger charge is -1.91. The highest BCUT2D eigenvalue weighted by Gasteiger charge is 2.08. The smallest absolute Gasteiger partial charge is 0.150 e. The second kappa shape index (κ2) is 3.10. The van der Waals surface area contributed by atoms with E-state index in [1.807, 2.05) is 35.7 Å². The monoisotopic (exact) mass is 215 g/mol. The van der Waals surface area contributed by atoms with Crippen LogP contribution in [0.15, 0.2) is 35.7 Å². The number of imidazole rings is 1. The molecule has 0 radical (unpaired) electrons. The van der Waals surface area contributed by atoms with E-state index >= 15 is 0 Å². The molecule has 2 heterocycles. The van der Waals surface area contributed by atoms with Crippen molar-refractivity contribution in [2.45, 2.75) is 0 Å². The number of anilines is 1. The van der Waals surface area contributed by atoms with E-state index in [-0.39, 0.29) is 0 Å². The van der Waals surface area contributed by atoms with Crippen LogP contribution >= 0.6 is 11.3 Å². The highest BCUT2D eigenvalue weighted by molar-refractivity contribution is 7.14. The van der Waals surface area contributed by atoms with Gasteiger partial charge in [0.1, 0.15) is 0 Å². The number of fused-ring (bicyclic) bond motifs is 1. The molecule has 0 aliphatic carbocycles. The molecular formula is C11H9N3S. The van der Waals surface area contributed by atoms with Gasteiger partial charge in [-0.25, -0.2) is 4.98 Å². The number of thiophene rings is 1. The van der Waals surface area contributed by atoms with E-state index < -0.39 is 0 Å². The van der Waals surface area contributed by atoms with Gasteiger partial charge in [0.05, 0.1) is 21.6 Å². The van der Waals surface area contributed by atoms with Crippen LogP contribution in [0.2, 0.25) is 0 Å². The molecular weight excluding hydrogens is 206 g/mol. The molecule has 0 unspecified atom stereocenters. The van der Waals surface area contributed by atoms with Crippen LogP contribution in [-0.2, 0) is 0 Å². The molecule has 0 aliphatic rings. The molecule has 0 amide bonds. The Labute approximate surface area is 90.6 Å². The summed E-state index contributed by atoms with van der Waals surface area (Å²) in [4.78, 5) is 8.75. The SMILES string of the molecule is Nc1ccsc1-c1nc2ccccc2[nH]1. The molecule has 0 aliphatic heterocycles.